The van der Waals surface area contributed by atoms with E-state index in [4.69, 9.17) is 23.6 Å². The van der Waals surface area contributed by atoms with E-state index < -0.39 is 45.8 Å². The zero-order chi connectivity index (χ0) is 42.5. The maximum absolute atomic E-state index is 12.5. The molecular weight excluding hydrogens is 751 g/mol. The Labute approximate surface area is 351 Å². The molecule has 326 valence electrons. The monoisotopic (exact) mass is 827 g/mol. The third kappa shape index (κ3) is 42.2. The van der Waals surface area contributed by atoms with Gasteiger partial charge in [0.25, 0.3) is 0 Å². The molecule has 0 heterocycles. The highest BCUT2D eigenvalue weighted by atomic mass is 31.2. The standard InChI is InChI=1S/C48H75O9P/c1-3-5-7-9-11-13-15-17-19-20-21-22-23-24-25-27-29-31-33-35-37-39-41-54-44-47(45-56-58(52,53)55-43-46(50)42-49)57-48(51)40-38-36-34-32-30-28-26-18-16-14-12-10-8-6-4-2/h5-8,11-14,17-19,21-22,24-26,29-32,36,38,46-47,49-50H,3-4,9-10,15-16,20,23,27-28,33-35,37,39-45H2,1-2H3,(H,52,53)/b7-5-,8-6-,13-11-,14-12-,19-17-,22-21-,25-24-,26-18-,31-29-,32-30-,38-36-. The lowest BCUT2D eigenvalue weighted by molar-refractivity contribution is -0.153. The van der Waals surface area contributed by atoms with Gasteiger partial charge in [-0.05, 0) is 89.9 Å². The Morgan fingerprint density at radius 1 is 0.534 bits per heavy atom. The van der Waals surface area contributed by atoms with Crippen LogP contribution in [-0.4, -0.2) is 66.3 Å². The van der Waals surface area contributed by atoms with Crippen LogP contribution in [0, 0.1) is 0 Å². The molecule has 0 amide bonds. The molecule has 0 aliphatic heterocycles. The lowest BCUT2D eigenvalue weighted by Gasteiger charge is -2.20. The number of ether oxygens (including phenoxy) is 2. The fourth-order valence-electron chi connectivity index (χ4n) is 4.73. The van der Waals surface area contributed by atoms with Crippen molar-refractivity contribution in [3.8, 4) is 0 Å². The van der Waals surface area contributed by atoms with Crippen LogP contribution in [-0.2, 0) is 27.9 Å². The molecule has 0 aliphatic carbocycles. The van der Waals surface area contributed by atoms with E-state index >= 15 is 0 Å². The van der Waals surface area contributed by atoms with E-state index in [9.17, 15) is 19.4 Å². The van der Waals surface area contributed by atoms with Gasteiger partial charge >= 0.3 is 13.8 Å². The van der Waals surface area contributed by atoms with E-state index in [0.717, 1.165) is 89.9 Å². The van der Waals surface area contributed by atoms with Crippen molar-refractivity contribution >= 4 is 13.8 Å². The van der Waals surface area contributed by atoms with Crippen molar-refractivity contribution < 1.29 is 43.0 Å². The quantitative estimate of drug-likeness (QED) is 0.0241. The second-order valence-corrected chi connectivity index (χ2v) is 14.7. The Bertz CT molecular complexity index is 1350. The van der Waals surface area contributed by atoms with Gasteiger partial charge in [-0.3, -0.25) is 13.8 Å². The first-order valence-electron chi connectivity index (χ1n) is 21.2. The van der Waals surface area contributed by atoms with Gasteiger partial charge in [-0.25, -0.2) is 4.57 Å². The molecule has 58 heavy (non-hydrogen) atoms. The summed E-state index contributed by atoms with van der Waals surface area (Å²) in [5, 5.41) is 18.3. The molecule has 0 rings (SSSR count). The molecule has 0 saturated carbocycles. The topological polar surface area (TPSA) is 132 Å². The Morgan fingerprint density at radius 2 is 0.931 bits per heavy atom. The van der Waals surface area contributed by atoms with Crippen LogP contribution in [0.25, 0.3) is 0 Å². The number of carbonyl (C=O) groups is 1. The van der Waals surface area contributed by atoms with E-state index in [-0.39, 0.29) is 13.0 Å². The summed E-state index contributed by atoms with van der Waals surface area (Å²) in [5.41, 5.74) is 0. The summed E-state index contributed by atoms with van der Waals surface area (Å²) in [6.07, 6.45) is 58.7. The zero-order valence-electron chi connectivity index (χ0n) is 35.4. The SMILES string of the molecule is CC/C=C\C/C=C\C/C=C\C/C=C\C/C=C\C/C=C\CCCCCOCC(COP(=O)(O)OCC(O)CO)OC(=O)C/C=C\C/C=C\C/C=C\C/C=C\C/C=C\CC. The summed E-state index contributed by atoms with van der Waals surface area (Å²) in [4.78, 5) is 22.5. The molecule has 0 radical (unpaired) electrons. The van der Waals surface area contributed by atoms with E-state index in [1.54, 1.807) is 6.08 Å². The van der Waals surface area contributed by atoms with E-state index in [1.807, 2.05) is 12.2 Å². The minimum Gasteiger partial charge on any atom is -0.457 e. The summed E-state index contributed by atoms with van der Waals surface area (Å²) < 4.78 is 33.2. The normalized spacial score (nSPS) is 15.3. The van der Waals surface area contributed by atoms with Gasteiger partial charge in [0, 0.05) is 6.61 Å². The molecule has 3 atom stereocenters. The average Bonchev–Trinajstić information content (AvgIpc) is 3.21. The van der Waals surface area contributed by atoms with Gasteiger partial charge in [-0.2, -0.15) is 0 Å². The second kappa shape index (κ2) is 43.2. The predicted octanol–water partition coefficient (Wildman–Crippen LogP) is 11.8. The largest absolute Gasteiger partial charge is 0.472 e. The summed E-state index contributed by atoms with van der Waals surface area (Å²) >= 11 is 0. The van der Waals surface area contributed by atoms with Gasteiger partial charge in [-0.15, -0.1) is 0 Å². The number of esters is 1. The number of unbranched alkanes of at least 4 members (excludes halogenated alkanes) is 3. The molecular formula is C48H75O9P. The van der Waals surface area contributed by atoms with Crippen LogP contribution >= 0.6 is 7.82 Å². The van der Waals surface area contributed by atoms with Crippen molar-refractivity contribution in [1.82, 2.24) is 0 Å². The van der Waals surface area contributed by atoms with Crippen molar-refractivity contribution in [1.29, 1.82) is 0 Å². The van der Waals surface area contributed by atoms with Crippen molar-refractivity contribution in [2.24, 2.45) is 0 Å². The van der Waals surface area contributed by atoms with Crippen molar-refractivity contribution in [3.05, 3.63) is 134 Å². The number of phosphoric acid groups is 1. The number of carbonyl (C=O) groups excluding carboxylic acids is 1. The third-order valence-electron chi connectivity index (χ3n) is 7.86. The maximum atomic E-state index is 12.5. The molecule has 0 aromatic rings. The van der Waals surface area contributed by atoms with Crippen LogP contribution in [0.2, 0.25) is 0 Å². The number of aliphatic hydroxyl groups excluding tert-OH is 2. The molecule has 0 saturated heterocycles. The van der Waals surface area contributed by atoms with Crippen LogP contribution in [0.5, 0.6) is 0 Å². The molecule has 3 N–H and O–H groups in total. The number of aliphatic hydroxyl groups is 2. The minimum atomic E-state index is -4.56. The minimum absolute atomic E-state index is 0.0224. The highest BCUT2D eigenvalue weighted by molar-refractivity contribution is 7.47. The highest BCUT2D eigenvalue weighted by Crippen LogP contribution is 2.43. The summed E-state index contributed by atoms with van der Waals surface area (Å²) in [5.74, 6) is -0.528. The van der Waals surface area contributed by atoms with E-state index in [0.29, 0.717) is 13.0 Å². The van der Waals surface area contributed by atoms with Gasteiger partial charge < -0.3 is 24.6 Å². The first-order valence-corrected chi connectivity index (χ1v) is 22.7. The number of hydrogen-bond donors (Lipinski definition) is 3. The molecule has 0 aromatic carbocycles. The van der Waals surface area contributed by atoms with Crippen molar-refractivity contribution in [3.63, 3.8) is 0 Å². The van der Waals surface area contributed by atoms with Crippen LogP contribution in [0.3, 0.4) is 0 Å². The first-order chi connectivity index (χ1) is 28.3. The molecule has 0 aromatic heterocycles. The van der Waals surface area contributed by atoms with Gasteiger partial charge in [0.2, 0.25) is 0 Å². The Morgan fingerprint density at radius 3 is 1.36 bits per heavy atom. The first kappa shape index (κ1) is 54.6. The molecule has 0 fully saturated rings. The van der Waals surface area contributed by atoms with Gasteiger partial charge in [0.1, 0.15) is 12.2 Å². The molecule has 0 aliphatic rings. The fourth-order valence-corrected chi connectivity index (χ4v) is 5.52. The van der Waals surface area contributed by atoms with Crippen LogP contribution in [0.4, 0.5) is 0 Å². The summed E-state index contributed by atoms with van der Waals surface area (Å²) in [6, 6.07) is 0. The van der Waals surface area contributed by atoms with Crippen molar-refractivity contribution in [2.45, 2.75) is 129 Å². The van der Waals surface area contributed by atoms with Gasteiger partial charge in [0.05, 0.1) is 32.8 Å². The zero-order valence-corrected chi connectivity index (χ0v) is 36.3. The lowest BCUT2D eigenvalue weighted by atomic mass is 10.2. The third-order valence-corrected chi connectivity index (χ3v) is 8.82. The number of hydrogen-bond acceptors (Lipinski definition) is 8. The predicted molar refractivity (Wildman–Crippen MR) is 241 cm³/mol. The fraction of sp³-hybridized carbons (Fsp3) is 0.521. The Kier molecular flexibility index (Phi) is 40.7. The van der Waals surface area contributed by atoms with Crippen molar-refractivity contribution in [2.75, 3.05) is 33.0 Å². The average molecular weight is 827 g/mol. The lowest BCUT2D eigenvalue weighted by Crippen LogP contribution is -2.28. The van der Waals surface area contributed by atoms with Crippen LogP contribution in [0.15, 0.2) is 134 Å². The molecule has 9 nitrogen and oxygen atoms in total. The molecule has 0 spiro atoms. The molecule has 10 heteroatoms. The second-order valence-electron chi connectivity index (χ2n) is 13.3. The number of phosphoric ester groups is 1. The van der Waals surface area contributed by atoms with E-state index in [2.05, 4.69) is 129 Å². The van der Waals surface area contributed by atoms with Gasteiger partial charge in [0.15, 0.2) is 0 Å². The molecule has 0 bridgehead atoms. The maximum Gasteiger partial charge on any atom is 0.472 e. The molecule has 3 unspecified atom stereocenters. The number of allylic oxidation sites excluding steroid dienone is 21. The van der Waals surface area contributed by atoms with Crippen LogP contribution in [0.1, 0.15) is 117 Å². The van der Waals surface area contributed by atoms with E-state index in [1.165, 1.54) is 0 Å². The summed E-state index contributed by atoms with van der Waals surface area (Å²) in [7, 11) is -4.56. The van der Waals surface area contributed by atoms with Crippen LogP contribution < -0.4 is 0 Å². The Hall–Kier alpha value is -3.40. The summed E-state index contributed by atoms with van der Waals surface area (Å²) in [6.45, 7) is 3.01. The Balaban J connectivity index is 4.40. The number of rotatable bonds is 38. The highest BCUT2D eigenvalue weighted by Gasteiger charge is 2.26. The van der Waals surface area contributed by atoms with Gasteiger partial charge in [-0.1, -0.05) is 154 Å². The smallest absolute Gasteiger partial charge is 0.457 e.